The van der Waals surface area contributed by atoms with Crippen molar-refractivity contribution in [2.45, 2.75) is 44.8 Å². The lowest BCUT2D eigenvalue weighted by atomic mass is 9.94. The maximum absolute atomic E-state index is 12.8. The van der Waals surface area contributed by atoms with Crippen LogP contribution in [0.25, 0.3) is 0 Å². The summed E-state index contributed by atoms with van der Waals surface area (Å²) in [4.78, 5) is 28.9. The number of nitrogens with one attached hydrogen (secondary N) is 1. The Balaban J connectivity index is 1.52. The van der Waals surface area contributed by atoms with Crippen LogP contribution in [-0.2, 0) is 15.8 Å². The van der Waals surface area contributed by atoms with Crippen molar-refractivity contribution in [3.8, 4) is 0 Å². The molecule has 1 aromatic rings. The summed E-state index contributed by atoms with van der Waals surface area (Å²) in [5, 5.41) is 2.57. The van der Waals surface area contributed by atoms with Gasteiger partial charge in [-0.15, -0.1) is 0 Å². The molecule has 1 unspecified atom stereocenters. The van der Waals surface area contributed by atoms with Crippen molar-refractivity contribution in [3.63, 3.8) is 0 Å². The number of nitrogens with zero attached hydrogens (tertiary/aromatic N) is 2. The van der Waals surface area contributed by atoms with E-state index in [4.69, 9.17) is 0 Å². The number of piperidine rings is 1. The minimum Gasteiger partial charge on any atom is -0.342 e. The largest absolute Gasteiger partial charge is 0.416 e. The van der Waals surface area contributed by atoms with Crippen LogP contribution in [0.2, 0.25) is 0 Å². The molecule has 2 aliphatic rings. The fourth-order valence-corrected chi connectivity index (χ4v) is 3.92. The van der Waals surface area contributed by atoms with Crippen LogP contribution in [0.3, 0.4) is 0 Å². The number of alkyl halides is 3. The molecular weight excluding hydrogens is 371 g/mol. The van der Waals surface area contributed by atoms with Gasteiger partial charge >= 0.3 is 6.18 Å². The van der Waals surface area contributed by atoms with Gasteiger partial charge in [-0.25, -0.2) is 0 Å². The number of hydrogen-bond donors (Lipinski definition) is 1. The zero-order valence-electron chi connectivity index (χ0n) is 16.0. The summed E-state index contributed by atoms with van der Waals surface area (Å²) in [6.07, 6.45) is -0.905. The molecule has 2 saturated heterocycles. The Kier molecular flexibility index (Phi) is 6.27. The Morgan fingerprint density at radius 2 is 1.75 bits per heavy atom. The molecule has 154 valence electrons. The molecule has 0 bridgehead atoms. The molecule has 1 N–H and O–H groups in total. The number of likely N-dealkylation sites (tertiary alicyclic amines) is 2. The quantitative estimate of drug-likeness (QED) is 0.848. The highest BCUT2D eigenvalue weighted by molar-refractivity contribution is 5.94. The molecule has 28 heavy (non-hydrogen) atoms. The van der Waals surface area contributed by atoms with Crippen molar-refractivity contribution in [3.05, 3.63) is 29.8 Å². The van der Waals surface area contributed by atoms with Gasteiger partial charge < -0.3 is 10.2 Å². The van der Waals surface area contributed by atoms with Gasteiger partial charge in [-0.1, -0.05) is 6.07 Å². The molecule has 8 heteroatoms. The number of rotatable bonds is 4. The van der Waals surface area contributed by atoms with Crippen LogP contribution >= 0.6 is 0 Å². The van der Waals surface area contributed by atoms with Gasteiger partial charge in [0.15, 0.2) is 0 Å². The predicted octanol–water partition coefficient (Wildman–Crippen LogP) is 3.37. The molecule has 0 aliphatic carbocycles. The Labute approximate surface area is 162 Å². The Hall–Kier alpha value is -2.09. The van der Waals surface area contributed by atoms with E-state index < -0.39 is 17.8 Å². The first-order valence-electron chi connectivity index (χ1n) is 9.76. The van der Waals surface area contributed by atoms with Gasteiger partial charge in [-0.3, -0.25) is 14.5 Å². The molecule has 3 rings (SSSR count). The van der Waals surface area contributed by atoms with Gasteiger partial charge in [0.1, 0.15) is 0 Å². The molecule has 2 amide bonds. The first-order valence-corrected chi connectivity index (χ1v) is 9.76. The third-order valence-corrected chi connectivity index (χ3v) is 5.68. The van der Waals surface area contributed by atoms with Crippen LogP contribution in [-0.4, -0.2) is 53.8 Å². The summed E-state index contributed by atoms with van der Waals surface area (Å²) < 4.78 is 38.4. The average Bonchev–Trinajstić information content (AvgIpc) is 3.21. The topological polar surface area (TPSA) is 52.7 Å². The van der Waals surface area contributed by atoms with Gasteiger partial charge in [0, 0.05) is 24.7 Å². The number of benzene rings is 1. The molecule has 5 nitrogen and oxygen atoms in total. The average molecular weight is 397 g/mol. The van der Waals surface area contributed by atoms with Gasteiger partial charge in [0.25, 0.3) is 0 Å². The highest BCUT2D eigenvalue weighted by Crippen LogP contribution is 2.31. The number of halogens is 3. The van der Waals surface area contributed by atoms with Crippen molar-refractivity contribution in [2.24, 2.45) is 5.92 Å². The molecule has 2 aliphatic heterocycles. The fourth-order valence-electron chi connectivity index (χ4n) is 3.92. The summed E-state index contributed by atoms with van der Waals surface area (Å²) in [5.74, 6) is -0.116. The van der Waals surface area contributed by atoms with Gasteiger partial charge in [-0.05, 0) is 63.9 Å². The number of carbonyl (C=O) groups excluding carboxylic acids is 2. The molecule has 2 fully saturated rings. The van der Waals surface area contributed by atoms with Crippen LogP contribution in [0.4, 0.5) is 18.9 Å². The van der Waals surface area contributed by atoms with Crippen LogP contribution < -0.4 is 5.32 Å². The summed E-state index contributed by atoms with van der Waals surface area (Å²) in [6.45, 7) is 4.68. The first-order chi connectivity index (χ1) is 13.3. The summed E-state index contributed by atoms with van der Waals surface area (Å²) in [7, 11) is 0. The molecule has 0 radical (unpaired) electrons. The van der Waals surface area contributed by atoms with Crippen LogP contribution in [0, 0.1) is 5.92 Å². The number of amides is 2. The van der Waals surface area contributed by atoms with Crippen molar-refractivity contribution in [1.29, 1.82) is 0 Å². The van der Waals surface area contributed by atoms with E-state index in [2.05, 4.69) is 5.32 Å². The van der Waals surface area contributed by atoms with E-state index in [-0.39, 0.29) is 23.4 Å². The standard InChI is InChI=1S/C20H26F3N3O2/c1-14(18(27)24-17-6-4-5-16(13-17)20(21,22)23)25-11-7-15(8-12-25)19(28)26-9-2-3-10-26/h4-6,13-15H,2-3,7-12H2,1H3,(H,24,27). The molecule has 1 atom stereocenters. The van der Waals surface area contributed by atoms with Gasteiger partial charge in [-0.2, -0.15) is 13.2 Å². The molecule has 0 spiro atoms. The lowest BCUT2D eigenvalue weighted by Crippen LogP contribution is -2.48. The van der Waals surface area contributed by atoms with E-state index in [0.29, 0.717) is 25.9 Å². The van der Waals surface area contributed by atoms with Crippen molar-refractivity contribution in [2.75, 3.05) is 31.5 Å². The Bertz CT molecular complexity index is 709. The van der Waals surface area contributed by atoms with E-state index >= 15 is 0 Å². The summed E-state index contributed by atoms with van der Waals surface area (Å²) in [5.41, 5.74) is -0.662. The normalized spacial score (nSPS) is 20.2. The monoisotopic (exact) mass is 397 g/mol. The minimum atomic E-state index is -4.45. The summed E-state index contributed by atoms with van der Waals surface area (Å²) in [6, 6.07) is 4.16. The van der Waals surface area contributed by atoms with Crippen molar-refractivity contribution in [1.82, 2.24) is 9.80 Å². The van der Waals surface area contributed by atoms with E-state index in [1.54, 1.807) is 6.92 Å². The van der Waals surface area contributed by atoms with E-state index in [9.17, 15) is 22.8 Å². The van der Waals surface area contributed by atoms with Crippen LogP contribution in [0.15, 0.2) is 24.3 Å². The van der Waals surface area contributed by atoms with Gasteiger partial charge in [0.05, 0.1) is 11.6 Å². The third-order valence-electron chi connectivity index (χ3n) is 5.68. The Morgan fingerprint density at radius 3 is 2.36 bits per heavy atom. The fraction of sp³-hybridized carbons (Fsp3) is 0.600. The SMILES string of the molecule is CC(C(=O)Nc1cccc(C(F)(F)F)c1)N1CCC(C(=O)N2CCCC2)CC1. The zero-order chi connectivity index (χ0) is 20.3. The molecule has 0 aromatic heterocycles. The van der Waals surface area contributed by atoms with Crippen LogP contribution in [0.1, 0.15) is 38.2 Å². The second-order valence-electron chi connectivity index (χ2n) is 7.59. The number of anilines is 1. The maximum atomic E-state index is 12.8. The number of hydrogen-bond acceptors (Lipinski definition) is 3. The van der Waals surface area contributed by atoms with E-state index in [1.807, 2.05) is 9.80 Å². The van der Waals surface area contributed by atoms with E-state index in [1.165, 1.54) is 12.1 Å². The molecular formula is C20H26F3N3O2. The Morgan fingerprint density at radius 1 is 1.11 bits per heavy atom. The zero-order valence-corrected chi connectivity index (χ0v) is 16.0. The minimum absolute atomic E-state index is 0.00748. The molecule has 1 aromatic carbocycles. The second-order valence-corrected chi connectivity index (χ2v) is 7.59. The highest BCUT2D eigenvalue weighted by Gasteiger charge is 2.33. The third kappa shape index (κ3) is 4.84. The van der Waals surface area contributed by atoms with E-state index in [0.717, 1.165) is 38.1 Å². The lowest BCUT2D eigenvalue weighted by molar-refractivity contribution is -0.138. The van der Waals surface area contributed by atoms with Crippen molar-refractivity contribution < 1.29 is 22.8 Å². The first kappa shape index (κ1) is 20.6. The molecule has 2 heterocycles. The lowest BCUT2D eigenvalue weighted by Gasteiger charge is -2.36. The van der Waals surface area contributed by atoms with Crippen LogP contribution in [0.5, 0.6) is 0 Å². The second kappa shape index (κ2) is 8.51. The maximum Gasteiger partial charge on any atom is 0.416 e. The smallest absolute Gasteiger partial charge is 0.342 e. The summed E-state index contributed by atoms with van der Waals surface area (Å²) >= 11 is 0. The van der Waals surface area contributed by atoms with Gasteiger partial charge in [0.2, 0.25) is 11.8 Å². The molecule has 0 saturated carbocycles. The highest BCUT2D eigenvalue weighted by atomic mass is 19.4. The number of carbonyl (C=O) groups is 2. The van der Waals surface area contributed by atoms with Crippen molar-refractivity contribution >= 4 is 17.5 Å². The predicted molar refractivity (Wildman–Crippen MR) is 99.6 cm³/mol.